The molecule has 170 valence electrons. The third-order valence-electron chi connectivity index (χ3n) is 5.31. The maximum atomic E-state index is 13.7. The molecule has 1 aliphatic rings. The number of carbonyl (C=O) groups is 2. The molecule has 2 aromatic heterocycles. The summed E-state index contributed by atoms with van der Waals surface area (Å²) in [6.45, 7) is 3.96. The second-order valence-corrected chi connectivity index (χ2v) is 9.38. The van der Waals surface area contributed by atoms with Gasteiger partial charge in [0.25, 0.3) is 5.91 Å². The molecule has 0 aliphatic carbocycles. The van der Waals surface area contributed by atoms with Crippen molar-refractivity contribution < 1.29 is 23.8 Å². The average Bonchev–Trinajstić information content (AvgIpc) is 3.56. The van der Waals surface area contributed by atoms with Crippen LogP contribution < -0.4 is 9.64 Å². The highest BCUT2D eigenvalue weighted by molar-refractivity contribution is 7.22. The minimum atomic E-state index is -0.916. The topological polar surface area (TPSA) is 79.7 Å². The van der Waals surface area contributed by atoms with Crippen molar-refractivity contribution in [2.24, 2.45) is 0 Å². The number of nitrogens with zero attached hydrogens (tertiary/aromatic N) is 2. The second kappa shape index (κ2) is 8.85. The van der Waals surface area contributed by atoms with Gasteiger partial charge in [0.15, 0.2) is 10.9 Å². The quantitative estimate of drug-likeness (QED) is 0.259. The smallest absolute Gasteiger partial charge is 0.296 e. The highest BCUT2D eigenvalue weighted by Gasteiger charge is 2.46. The SMILES string of the molecule is C=CCOc1ccc(C2C(C(=O)c3cccs3)=C(O)C(=O)N2c2nc3ccc(F)cc3s2)cc1. The van der Waals surface area contributed by atoms with Gasteiger partial charge in [-0.05, 0) is 47.3 Å². The number of benzene rings is 2. The van der Waals surface area contributed by atoms with Crippen molar-refractivity contribution >= 4 is 49.7 Å². The molecule has 3 heterocycles. The Bertz CT molecular complexity index is 1440. The number of thiazole rings is 1. The van der Waals surface area contributed by atoms with E-state index in [2.05, 4.69) is 11.6 Å². The molecule has 1 amide bonds. The fraction of sp³-hybridized carbons (Fsp3) is 0.0800. The number of aliphatic hydroxyl groups excluding tert-OH is 1. The number of rotatable bonds is 7. The zero-order valence-electron chi connectivity index (χ0n) is 17.6. The maximum absolute atomic E-state index is 13.7. The number of thiophene rings is 1. The molecule has 0 radical (unpaired) electrons. The van der Waals surface area contributed by atoms with Crippen LogP contribution in [0.4, 0.5) is 9.52 Å². The van der Waals surface area contributed by atoms with Gasteiger partial charge in [-0.15, -0.1) is 11.3 Å². The van der Waals surface area contributed by atoms with E-state index in [1.165, 1.54) is 34.4 Å². The van der Waals surface area contributed by atoms with E-state index in [4.69, 9.17) is 4.74 Å². The van der Waals surface area contributed by atoms with Crippen molar-refractivity contribution in [3.63, 3.8) is 0 Å². The molecule has 6 nitrogen and oxygen atoms in total. The van der Waals surface area contributed by atoms with Crippen molar-refractivity contribution in [3.8, 4) is 5.75 Å². The molecule has 0 bridgehead atoms. The van der Waals surface area contributed by atoms with Gasteiger partial charge in [-0.1, -0.05) is 42.2 Å². The van der Waals surface area contributed by atoms with Gasteiger partial charge >= 0.3 is 0 Å². The number of carbonyl (C=O) groups excluding carboxylic acids is 2. The molecule has 1 N–H and O–H groups in total. The van der Waals surface area contributed by atoms with E-state index < -0.39 is 29.3 Å². The molecule has 0 fully saturated rings. The van der Waals surface area contributed by atoms with Gasteiger partial charge in [-0.3, -0.25) is 14.5 Å². The zero-order chi connectivity index (χ0) is 23.8. The Morgan fingerprint density at radius 1 is 1.24 bits per heavy atom. The van der Waals surface area contributed by atoms with E-state index in [1.54, 1.807) is 47.9 Å². The van der Waals surface area contributed by atoms with Gasteiger partial charge in [0.2, 0.25) is 5.78 Å². The number of Topliss-reactive ketones (excluding diaryl/α,β-unsaturated/α-hetero) is 1. The summed E-state index contributed by atoms with van der Waals surface area (Å²) in [5.41, 5.74) is 1.07. The maximum Gasteiger partial charge on any atom is 0.296 e. The van der Waals surface area contributed by atoms with Crippen LogP contribution in [0, 0.1) is 5.82 Å². The Hall–Kier alpha value is -3.82. The van der Waals surface area contributed by atoms with Gasteiger partial charge in [0.05, 0.1) is 26.7 Å². The second-order valence-electron chi connectivity index (χ2n) is 7.42. The summed E-state index contributed by atoms with van der Waals surface area (Å²) in [7, 11) is 0. The summed E-state index contributed by atoms with van der Waals surface area (Å²) in [5, 5.41) is 12.8. The van der Waals surface area contributed by atoms with Crippen LogP contribution in [0.2, 0.25) is 0 Å². The number of hydrogen-bond donors (Lipinski definition) is 1. The van der Waals surface area contributed by atoms with Crippen LogP contribution in [-0.4, -0.2) is 28.4 Å². The molecule has 34 heavy (non-hydrogen) atoms. The molecule has 1 aliphatic heterocycles. The molecule has 0 saturated carbocycles. The van der Waals surface area contributed by atoms with Gasteiger partial charge in [0, 0.05) is 0 Å². The predicted molar refractivity (Wildman–Crippen MR) is 130 cm³/mol. The number of ether oxygens (including phenoxy) is 1. The Morgan fingerprint density at radius 3 is 2.74 bits per heavy atom. The molecular formula is C25H17FN2O4S2. The summed E-state index contributed by atoms with van der Waals surface area (Å²) in [6.07, 6.45) is 1.62. The van der Waals surface area contributed by atoms with E-state index in [1.807, 2.05) is 0 Å². The van der Waals surface area contributed by atoms with E-state index >= 15 is 0 Å². The molecule has 2 aromatic carbocycles. The lowest BCUT2D eigenvalue weighted by Gasteiger charge is -2.24. The fourth-order valence-corrected chi connectivity index (χ4v) is 5.48. The average molecular weight is 493 g/mol. The molecule has 5 rings (SSSR count). The first kappa shape index (κ1) is 22.0. The first-order valence-corrected chi connectivity index (χ1v) is 11.9. The van der Waals surface area contributed by atoms with Crippen molar-refractivity contribution in [2.45, 2.75) is 6.04 Å². The molecule has 0 saturated heterocycles. The Morgan fingerprint density at radius 2 is 2.03 bits per heavy atom. The van der Waals surface area contributed by atoms with Crippen LogP contribution in [0.3, 0.4) is 0 Å². The van der Waals surface area contributed by atoms with E-state index in [0.717, 1.165) is 11.3 Å². The normalized spacial score (nSPS) is 15.9. The molecular weight excluding hydrogens is 475 g/mol. The third kappa shape index (κ3) is 3.78. The number of aromatic nitrogens is 1. The lowest BCUT2D eigenvalue weighted by atomic mass is 9.95. The predicted octanol–water partition coefficient (Wildman–Crippen LogP) is 5.84. The molecule has 9 heteroatoms. The van der Waals surface area contributed by atoms with Crippen LogP contribution >= 0.6 is 22.7 Å². The third-order valence-corrected chi connectivity index (χ3v) is 7.19. The Kier molecular flexibility index (Phi) is 5.72. The van der Waals surface area contributed by atoms with E-state index in [-0.39, 0.29) is 10.7 Å². The van der Waals surface area contributed by atoms with Gasteiger partial charge < -0.3 is 9.84 Å². The van der Waals surface area contributed by atoms with E-state index in [9.17, 15) is 19.1 Å². The van der Waals surface area contributed by atoms with Crippen LogP contribution in [0.25, 0.3) is 10.2 Å². The molecule has 4 aromatic rings. The first-order valence-electron chi connectivity index (χ1n) is 10.2. The van der Waals surface area contributed by atoms with Gasteiger partial charge in [-0.2, -0.15) is 0 Å². The van der Waals surface area contributed by atoms with Gasteiger partial charge in [0.1, 0.15) is 18.2 Å². The van der Waals surface area contributed by atoms with Crippen molar-refractivity contribution in [2.75, 3.05) is 11.5 Å². The van der Waals surface area contributed by atoms with Crippen molar-refractivity contribution in [3.05, 3.63) is 100 Å². The number of fused-ring (bicyclic) bond motifs is 1. The summed E-state index contributed by atoms with van der Waals surface area (Å²) in [6, 6.07) is 13.5. The van der Waals surface area contributed by atoms with Crippen LogP contribution in [0.5, 0.6) is 5.75 Å². The number of ketones is 1. The fourth-order valence-electron chi connectivity index (χ4n) is 3.78. The summed E-state index contributed by atoms with van der Waals surface area (Å²) in [4.78, 5) is 32.8. The van der Waals surface area contributed by atoms with Gasteiger partial charge in [-0.25, -0.2) is 9.37 Å². The Labute approximate surface area is 201 Å². The number of amides is 1. The van der Waals surface area contributed by atoms with Crippen LogP contribution in [-0.2, 0) is 4.79 Å². The van der Waals surface area contributed by atoms with Crippen molar-refractivity contribution in [1.82, 2.24) is 4.98 Å². The zero-order valence-corrected chi connectivity index (χ0v) is 19.2. The monoisotopic (exact) mass is 492 g/mol. The molecule has 1 unspecified atom stereocenters. The highest BCUT2D eigenvalue weighted by atomic mass is 32.1. The summed E-state index contributed by atoms with van der Waals surface area (Å²) in [5.74, 6) is -1.63. The molecule has 0 spiro atoms. The first-order chi connectivity index (χ1) is 16.5. The highest BCUT2D eigenvalue weighted by Crippen LogP contribution is 2.44. The minimum absolute atomic E-state index is 0.0300. The number of anilines is 1. The van der Waals surface area contributed by atoms with Crippen LogP contribution in [0.15, 0.2) is 84.0 Å². The Balaban J connectivity index is 1.63. The largest absolute Gasteiger partial charge is 0.503 e. The summed E-state index contributed by atoms with van der Waals surface area (Å²) >= 11 is 2.33. The lowest BCUT2D eigenvalue weighted by Crippen LogP contribution is -2.30. The van der Waals surface area contributed by atoms with E-state index in [0.29, 0.717) is 33.0 Å². The molecule has 1 atom stereocenters. The number of halogens is 1. The number of aliphatic hydroxyl groups is 1. The standard InChI is InChI=1S/C25H17FN2O4S2/c1-2-11-32-16-8-5-14(6-9-16)21-20(22(29)18-4-3-12-33-18)23(30)24(31)28(21)25-27-17-10-7-15(26)13-19(17)34-25/h2-10,12-13,21,30H,1,11H2. The number of hydrogen-bond acceptors (Lipinski definition) is 7. The summed E-state index contributed by atoms with van der Waals surface area (Å²) < 4.78 is 19.8. The lowest BCUT2D eigenvalue weighted by molar-refractivity contribution is -0.117. The van der Waals surface area contributed by atoms with Crippen molar-refractivity contribution in [1.29, 1.82) is 0 Å². The van der Waals surface area contributed by atoms with Crippen LogP contribution in [0.1, 0.15) is 21.3 Å². The minimum Gasteiger partial charge on any atom is -0.503 e.